The van der Waals surface area contributed by atoms with Crippen LogP contribution in [0.3, 0.4) is 0 Å². The number of hydrogen-bond donors (Lipinski definition) is 1. The number of nitro groups is 1. The smallest absolute Gasteiger partial charge is 0.342 e. The number of aliphatic imine (C=N–C) groups is 1. The van der Waals surface area contributed by atoms with E-state index in [2.05, 4.69) is 10.3 Å². The van der Waals surface area contributed by atoms with Crippen LogP contribution in [0, 0.1) is 10.1 Å². The highest BCUT2D eigenvalue weighted by Gasteiger charge is 2.30. The van der Waals surface area contributed by atoms with Gasteiger partial charge in [-0.2, -0.15) is 0 Å². The van der Waals surface area contributed by atoms with Gasteiger partial charge in [0.25, 0.3) is 5.69 Å². The number of para-hydroxylation sites is 1. The number of esters is 1. The summed E-state index contributed by atoms with van der Waals surface area (Å²) in [6.45, 7) is 5.45. The first-order valence-electron chi connectivity index (χ1n) is 6.92. The van der Waals surface area contributed by atoms with E-state index in [1.54, 1.807) is 39.0 Å². The molecule has 7 nitrogen and oxygen atoms in total. The van der Waals surface area contributed by atoms with Crippen molar-refractivity contribution in [1.82, 2.24) is 5.32 Å². The van der Waals surface area contributed by atoms with Crippen molar-refractivity contribution in [3.05, 3.63) is 51.2 Å². The summed E-state index contributed by atoms with van der Waals surface area (Å²) in [7, 11) is 0. The minimum atomic E-state index is -0.545. The van der Waals surface area contributed by atoms with Crippen molar-refractivity contribution >= 4 is 17.4 Å². The van der Waals surface area contributed by atoms with Crippen LogP contribution >= 0.6 is 0 Å². The summed E-state index contributed by atoms with van der Waals surface area (Å²) in [4.78, 5) is 27.3. The maximum atomic E-state index is 12.2. The number of ether oxygens (including phenoxy) is 1. The third kappa shape index (κ3) is 2.98. The number of carbonyl (C=O) groups excluding carboxylic acids is 1. The van der Waals surface area contributed by atoms with Crippen LogP contribution in [-0.2, 0) is 9.53 Å². The molecule has 0 saturated carbocycles. The molecule has 22 heavy (non-hydrogen) atoms. The van der Waals surface area contributed by atoms with Crippen LogP contribution < -0.4 is 5.32 Å². The Morgan fingerprint density at radius 3 is 2.77 bits per heavy atom. The third-order valence-corrected chi connectivity index (χ3v) is 3.20. The lowest BCUT2D eigenvalue weighted by molar-refractivity contribution is -0.385. The molecule has 116 valence electrons. The van der Waals surface area contributed by atoms with Crippen molar-refractivity contribution in [2.75, 3.05) is 6.61 Å². The highest BCUT2D eigenvalue weighted by Crippen LogP contribution is 2.26. The summed E-state index contributed by atoms with van der Waals surface area (Å²) in [6.07, 6.45) is -0.284. The normalized spacial score (nSPS) is 17.6. The van der Waals surface area contributed by atoms with Crippen molar-refractivity contribution < 1.29 is 14.5 Å². The second-order valence-electron chi connectivity index (χ2n) is 4.79. The lowest BCUT2D eigenvalue weighted by Gasteiger charge is -2.23. The van der Waals surface area contributed by atoms with E-state index < -0.39 is 10.9 Å². The van der Waals surface area contributed by atoms with Crippen LogP contribution in [0.4, 0.5) is 5.69 Å². The van der Waals surface area contributed by atoms with Gasteiger partial charge >= 0.3 is 5.97 Å². The highest BCUT2D eigenvalue weighted by molar-refractivity contribution is 6.28. The van der Waals surface area contributed by atoms with Crippen molar-refractivity contribution in [1.29, 1.82) is 0 Å². The SMILES string of the molecule is CCOC(=O)C1=C(C)NC(C)N=C1c1ccccc1[N+](=O)[O-]. The number of nitrogens with zero attached hydrogens (tertiary/aromatic N) is 2. The van der Waals surface area contributed by atoms with Gasteiger partial charge in [-0.3, -0.25) is 15.1 Å². The van der Waals surface area contributed by atoms with E-state index >= 15 is 0 Å². The minimum Gasteiger partial charge on any atom is -0.462 e. The lowest BCUT2D eigenvalue weighted by Crippen LogP contribution is -2.34. The summed E-state index contributed by atoms with van der Waals surface area (Å²) < 4.78 is 5.05. The van der Waals surface area contributed by atoms with Crippen molar-refractivity contribution in [2.45, 2.75) is 26.9 Å². The Hall–Kier alpha value is -2.70. The fourth-order valence-electron chi connectivity index (χ4n) is 2.34. The van der Waals surface area contributed by atoms with E-state index in [1.165, 1.54) is 6.07 Å². The quantitative estimate of drug-likeness (QED) is 0.522. The predicted octanol–water partition coefficient (Wildman–Crippen LogP) is 2.17. The molecule has 0 aromatic heterocycles. The molecule has 0 bridgehead atoms. The molecule has 1 aliphatic rings. The molecule has 1 aliphatic heterocycles. The number of carbonyl (C=O) groups is 1. The van der Waals surface area contributed by atoms with Gasteiger partial charge in [0, 0.05) is 11.8 Å². The Morgan fingerprint density at radius 2 is 2.14 bits per heavy atom. The summed E-state index contributed by atoms with van der Waals surface area (Å²) in [6, 6.07) is 6.23. The van der Waals surface area contributed by atoms with Gasteiger partial charge in [-0.15, -0.1) is 0 Å². The first kappa shape index (κ1) is 15.7. The molecular weight excluding hydrogens is 286 g/mol. The van der Waals surface area contributed by atoms with Gasteiger partial charge in [0.1, 0.15) is 11.7 Å². The first-order chi connectivity index (χ1) is 10.5. The van der Waals surface area contributed by atoms with Crippen molar-refractivity contribution in [3.8, 4) is 0 Å². The lowest BCUT2D eigenvalue weighted by atomic mass is 9.97. The number of rotatable bonds is 4. The fourth-order valence-corrected chi connectivity index (χ4v) is 2.34. The second kappa shape index (κ2) is 6.38. The number of benzene rings is 1. The van der Waals surface area contributed by atoms with Gasteiger partial charge in [-0.25, -0.2) is 4.79 Å². The van der Waals surface area contributed by atoms with Crippen LogP contribution in [0.2, 0.25) is 0 Å². The molecule has 1 atom stereocenters. The van der Waals surface area contributed by atoms with E-state index in [9.17, 15) is 14.9 Å². The molecule has 0 radical (unpaired) electrons. The van der Waals surface area contributed by atoms with Gasteiger partial charge in [-0.1, -0.05) is 12.1 Å². The van der Waals surface area contributed by atoms with E-state index in [-0.39, 0.29) is 29.7 Å². The zero-order chi connectivity index (χ0) is 16.3. The van der Waals surface area contributed by atoms with Gasteiger partial charge in [0.2, 0.25) is 0 Å². The Labute approximate surface area is 127 Å². The zero-order valence-electron chi connectivity index (χ0n) is 12.6. The topological polar surface area (TPSA) is 93.8 Å². The van der Waals surface area contributed by atoms with E-state index in [0.717, 1.165) is 0 Å². The molecule has 1 unspecified atom stereocenters. The molecule has 1 aromatic rings. The number of hydrogen-bond acceptors (Lipinski definition) is 6. The standard InChI is InChI=1S/C15H17N3O4/c1-4-22-15(19)13-9(2)16-10(3)17-14(13)11-7-5-6-8-12(11)18(20)21/h5-8,10,16H,4H2,1-3H3. The Bertz CT molecular complexity index is 679. The third-order valence-electron chi connectivity index (χ3n) is 3.20. The molecule has 1 aromatic carbocycles. The molecule has 0 spiro atoms. The maximum Gasteiger partial charge on any atom is 0.342 e. The Balaban J connectivity index is 2.60. The largest absolute Gasteiger partial charge is 0.462 e. The number of allylic oxidation sites excluding steroid dienone is 1. The molecule has 7 heteroatoms. The van der Waals surface area contributed by atoms with Gasteiger partial charge in [0.15, 0.2) is 0 Å². The van der Waals surface area contributed by atoms with Crippen molar-refractivity contribution in [3.63, 3.8) is 0 Å². The molecule has 2 rings (SSSR count). The van der Waals surface area contributed by atoms with E-state index in [1.807, 2.05) is 0 Å². The zero-order valence-corrected chi connectivity index (χ0v) is 12.6. The number of nitro benzene ring substituents is 1. The predicted molar refractivity (Wildman–Crippen MR) is 81.6 cm³/mol. The van der Waals surface area contributed by atoms with E-state index in [4.69, 9.17) is 4.74 Å². The van der Waals surface area contributed by atoms with Gasteiger partial charge in [-0.05, 0) is 26.8 Å². The summed E-state index contributed by atoms with van der Waals surface area (Å²) in [5.41, 5.74) is 1.33. The monoisotopic (exact) mass is 303 g/mol. The summed E-state index contributed by atoms with van der Waals surface area (Å²) in [5, 5.41) is 14.3. The van der Waals surface area contributed by atoms with Crippen LogP contribution in [0.1, 0.15) is 26.3 Å². The first-order valence-corrected chi connectivity index (χ1v) is 6.92. The van der Waals surface area contributed by atoms with Crippen LogP contribution in [0.25, 0.3) is 0 Å². The Kier molecular flexibility index (Phi) is 4.55. The van der Waals surface area contributed by atoms with Crippen molar-refractivity contribution in [2.24, 2.45) is 4.99 Å². The Morgan fingerprint density at radius 1 is 1.45 bits per heavy atom. The maximum absolute atomic E-state index is 12.2. The van der Waals surface area contributed by atoms with Crippen LogP contribution in [0.5, 0.6) is 0 Å². The average Bonchev–Trinajstić information content (AvgIpc) is 2.46. The van der Waals surface area contributed by atoms with Crippen LogP contribution in [-0.4, -0.2) is 29.4 Å². The summed E-state index contributed by atoms with van der Waals surface area (Å²) >= 11 is 0. The summed E-state index contributed by atoms with van der Waals surface area (Å²) in [5.74, 6) is -0.545. The molecule has 0 aliphatic carbocycles. The van der Waals surface area contributed by atoms with Crippen LogP contribution in [0.15, 0.2) is 40.5 Å². The van der Waals surface area contributed by atoms with Gasteiger partial charge < -0.3 is 10.1 Å². The fraction of sp³-hybridized carbons (Fsp3) is 0.333. The molecule has 1 heterocycles. The minimum absolute atomic E-state index is 0.0926. The van der Waals surface area contributed by atoms with Gasteiger partial charge in [0.05, 0.1) is 22.8 Å². The average molecular weight is 303 g/mol. The second-order valence-corrected chi connectivity index (χ2v) is 4.79. The molecule has 0 saturated heterocycles. The molecule has 0 amide bonds. The van der Waals surface area contributed by atoms with E-state index in [0.29, 0.717) is 11.3 Å². The molecule has 0 fully saturated rings. The number of nitrogens with one attached hydrogen (secondary N) is 1. The highest BCUT2D eigenvalue weighted by atomic mass is 16.6. The molecule has 1 N–H and O–H groups in total. The molecular formula is C15H17N3O4.